The topological polar surface area (TPSA) is 54.5 Å². The van der Waals surface area contributed by atoms with E-state index in [9.17, 15) is 13.2 Å². The minimum absolute atomic E-state index is 0.0674. The van der Waals surface area contributed by atoms with E-state index in [1.54, 1.807) is 43.1 Å². The van der Waals surface area contributed by atoms with Crippen molar-refractivity contribution in [2.45, 2.75) is 18.7 Å². The molecular formula is C12H17NO3S. The number of hydrogen-bond acceptors (Lipinski definition) is 4. The first-order chi connectivity index (χ1) is 7.86. The van der Waals surface area contributed by atoms with Gasteiger partial charge < -0.3 is 4.90 Å². The van der Waals surface area contributed by atoms with E-state index in [1.165, 1.54) is 6.92 Å². The van der Waals surface area contributed by atoms with E-state index < -0.39 is 9.84 Å². The van der Waals surface area contributed by atoms with Gasteiger partial charge in [-0.2, -0.15) is 0 Å². The van der Waals surface area contributed by atoms with Crippen molar-refractivity contribution in [1.29, 1.82) is 0 Å². The van der Waals surface area contributed by atoms with Gasteiger partial charge in [-0.3, -0.25) is 4.79 Å². The van der Waals surface area contributed by atoms with Gasteiger partial charge in [-0.25, -0.2) is 8.42 Å². The normalized spacial score (nSPS) is 11.2. The molecule has 0 N–H and O–H groups in total. The molecule has 5 heteroatoms. The van der Waals surface area contributed by atoms with E-state index in [1.807, 2.05) is 0 Å². The third kappa shape index (κ3) is 3.56. The molecule has 0 atom stereocenters. The molecular weight excluding hydrogens is 238 g/mol. The molecule has 0 saturated carbocycles. The largest absolute Gasteiger partial charge is 0.367 e. The summed E-state index contributed by atoms with van der Waals surface area (Å²) in [4.78, 5) is 13.1. The minimum Gasteiger partial charge on any atom is -0.367 e. The quantitative estimate of drug-likeness (QED) is 0.800. The van der Waals surface area contributed by atoms with Crippen molar-refractivity contribution in [2.75, 3.05) is 24.2 Å². The van der Waals surface area contributed by atoms with Crippen molar-refractivity contribution >= 4 is 21.3 Å². The van der Waals surface area contributed by atoms with Crippen molar-refractivity contribution in [3.63, 3.8) is 0 Å². The summed E-state index contributed by atoms with van der Waals surface area (Å²) in [6.45, 7) is 3.46. The van der Waals surface area contributed by atoms with Gasteiger partial charge in [-0.1, -0.05) is 6.92 Å². The lowest BCUT2D eigenvalue weighted by Crippen LogP contribution is -2.23. The Hall–Kier alpha value is -1.36. The van der Waals surface area contributed by atoms with Gasteiger partial charge in [-0.05, 0) is 31.2 Å². The maximum absolute atomic E-state index is 11.6. The van der Waals surface area contributed by atoms with Crippen LogP contribution in [0.4, 0.5) is 5.69 Å². The number of likely N-dealkylation sites (N-methyl/N-ethyl adjacent to an activating group) is 1. The van der Waals surface area contributed by atoms with Crippen molar-refractivity contribution in [3.8, 4) is 0 Å². The van der Waals surface area contributed by atoms with Crippen LogP contribution in [-0.4, -0.2) is 33.5 Å². The maximum atomic E-state index is 11.6. The van der Waals surface area contributed by atoms with Crippen LogP contribution >= 0.6 is 0 Å². The molecule has 0 aliphatic rings. The smallest absolute Gasteiger partial charge is 0.178 e. The lowest BCUT2D eigenvalue weighted by molar-refractivity contribution is -0.115. The van der Waals surface area contributed by atoms with E-state index >= 15 is 0 Å². The van der Waals surface area contributed by atoms with Crippen LogP contribution in [0.5, 0.6) is 0 Å². The second kappa shape index (κ2) is 5.31. The van der Waals surface area contributed by atoms with Crippen LogP contribution in [0.1, 0.15) is 13.8 Å². The fourth-order valence-electron chi connectivity index (χ4n) is 1.50. The number of sulfone groups is 1. The fraction of sp³-hybridized carbons (Fsp3) is 0.417. The predicted octanol–water partition coefficient (Wildman–Crippen LogP) is 1.51. The van der Waals surface area contributed by atoms with Crippen LogP contribution in [0, 0.1) is 0 Å². The zero-order chi connectivity index (χ0) is 13.1. The van der Waals surface area contributed by atoms with E-state index in [0.717, 1.165) is 5.69 Å². The molecule has 1 aromatic rings. The number of rotatable bonds is 5. The Bertz CT molecular complexity index is 491. The molecule has 0 unspecified atom stereocenters. The molecule has 94 valence electrons. The van der Waals surface area contributed by atoms with Crippen molar-refractivity contribution < 1.29 is 13.2 Å². The van der Waals surface area contributed by atoms with Crippen LogP contribution in [0.3, 0.4) is 0 Å². The highest BCUT2D eigenvalue weighted by Gasteiger charge is 2.11. The molecule has 4 nitrogen and oxygen atoms in total. The fourth-order valence-corrected chi connectivity index (χ4v) is 2.38. The molecule has 0 amide bonds. The van der Waals surface area contributed by atoms with Gasteiger partial charge in [0.1, 0.15) is 5.78 Å². The molecule has 17 heavy (non-hydrogen) atoms. The molecule has 0 aromatic heterocycles. The van der Waals surface area contributed by atoms with Crippen LogP contribution in [-0.2, 0) is 14.6 Å². The number of ketones is 1. The molecule has 0 heterocycles. The summed E-state index contributed by atoms with van der Waals surface area (Å²) in [5, 5.41) is 0. The van der Waals surface area contributed by atoms with E-state index in [-0.39, 0.29) is 11.5 Å². The number of nitrogens with zero attached hydrogens (tertiary/aromatic N) is 1. The summed E-state index contributed by atoms with van der Waals surface area (Å²) in [7, 11) is -1.35. The molecule has 0 aliphatic heterocycles. The standard InChI is InChI=1S/C12H17NO3S/c1-4-17(15,16)12-7-5-11(6-8-12)13(3)9-10(2)14/h5-8H,4,9H2,1-3H3. The molecule has 1 aromatic carbocycles. The molecule has 0 spiro atoms. The van der Waals surface area contributed by atoms with Gasteiger partial charge in [0.15, 0.2) is 9.84 Å². The summed E-state index contributed by atoms with van der Waals surface area (Å²) in [5.41, 5.74) is 0.829. The Kier molecular flexibility index (Phi) is 4.28. The number of anilines is 1. The SMILES string of the molecule is CCS(=O)(=O)c1ccc(N(C)CC(C)=O)cc1. The van der Waals surface area contributed by atoms with Crippen molar-refractivity contribution in [1.82, 2.24) is 0 Å². The Morgan fingerprint density at radius 1 is 1.24 bits per heavy atom. The predicted molar refractivity (Wildman–Crippen MR) is 68.1 cm³/mol. The van der Waals surface area contributed by atoms with Gasteiger partial charge in [-0.15, -0.1) is 0 Å². The summed E-state index contributed by atoms with van der Waals surface area (Å²) < 4.78 is 23.2. The molecule has 0 bridgehead atoms. The number of carbonyl (C=O) groups is 1. The molecule has 0 radical (unpaired) electrons. The minimum atomic E-state index is -3.15. The van der Waals surface area contributed by atoms with Gasteiger partial charge in [0.2, 0.25) is 0 Å². The Morgan fingerprint density at radius 2 is 1.76 bits per heavy atom. The molecule has 1 rings (SSSR count). The van der Waals surface area contributed by atoms with E-state index in [0.29, 0.717) is 11.4 Å². The summed E-state index contributed by atoms with van der Waals surface area (Å²) in [6.07, 6.45) is 0. The lowest BCUT2D eigenvalue weighted by Gasteiger charge is -2.17. The van der Waals surface area contributed by atoms with E-state index in [2.05, 4.69) is 0 Å². The average Bonchev–Trinajstić information content (AvgIpc) is 2.28. The number of hydrogen-bond donors (Lipinski definition) is 0. The van der Waals surface area contributed by atoms with Crippen LogP contribution in [0.25, 0.3) is 0 Å². The van der Waals surface area contributed by atoms with Crippen LogP contribution < -0.4 is 4.90 Å². The summed E-state index contributed by atoms with van der Waals surface area (Å²) >= 11 is 0. The Morgan fingerprint density at radius 3 is 2.18 bits per heavy atom. The molecule has 0 fully saturated rings. The molecule has 0 aliphatic carbocycles. The monoisotopic (exact) mass is 255 g/mol. The highest BCUT2D eigenvalue weighted by Crippen LogP contribution is 2.17. The van der Waals surface area contributed by atoms with Gasteiger partial charge in [0.05, 0.1) is 17.2 Å². The second-order valence-electron chi connectivity index (χ2n) is 3.96. The third-order valence-corrected chi connectivity index (χ3v) is 4.23. The highest BCUT2D eigenvalue weighted by atomic mass is 32.2. The Balaban J connectivity index is 2.92. The lowest BCUT2D eigenvalue weighted by atomic mass is 10.3. The molecule has 0 saturated heterocycles. The van der Waals surface area contributed by atoms with Crippen LogP contribution in [0.15, 0.2) is 29.2 Å². The first kappa shape index (κ1) is 13.7. The second-order valence-corrected chi connectivity index (χ2v) is 6.23. The Labute approximate surface area is 102 Å². The average molecular weight is 255 g/mol. The van der Waals surface area contributed by atoms with Crippen molar-refractivity contribution in [2.24, 2.45) is 0 Å². The summed E-state index contributed by atoms with van der Waals surface area (Å²) in [6, 6.07) is 6.58. The number of benzene rings is 1. The first-order valence-corrected chi connectivity index (χ1v) is 7.05. The van der Waals surface area contributed by atoms with Crippen LogP contribution in [0.2, 0.25) is 0 Å². The first-order valence-electron chi connectivity index (χ1n) is 5.40. The summed E-state index contributed by atoms with van der Waals surface area (Å²) in [5.74, 6) is 0.160. The maximum Gasteiger partial charge on any atom is 0.178 e. The highest BCUT2D eigenvalue weighted by molar-refractivity contribution is 7.91. The zero-order valence-corrected chi connectivity index (χ0v) is 11.1. The van der Waals surface area contributed by atoms with Gasteiger partial charge >= 0.3 is 0 Å². The van der Waals surface area contributed by atoms with Gasteiger partial charge in [0, 0.05) is 12.7 Å². The third-order valence-electron chi connectivity index (χ3n) is 2.48. The number of Topliss-reactive ketones (excluding diaryl/α,β-unsaturated/α-hetero) is 1. The van der Waals surface area contributed by atoms with E-state index in [4.69, 9.17) is 0 Å². The number of carbonyl (C=O) groups excluding carboxylic acids is 1. The van der Waals surface area contributed by atoms with Gasteiger partial charge in [0.25, 0.3) is 0 Å². The van der Waals surface area contributed by atoms with Crippen molar-refractivity contribution in [3.05, 3.63) is 24.3 Å². The zero-order valence-electron chi connectivity index (χ0n) is 10.3.